The Morgan fingerprint density at radius 3 is 0.750 bits per heavy atom. The van der Waals surface area contributed by atoms with Gasteiger partial charge in [0.1, 0.15) is 0 Å². The second kappa shape index (κ2) is 22.8. The first kappa shape index (κ1) is 45.0. The van der Waals surface area contributed by atoms with E-state index in [1.165, 1.54) is 0 Å². The molecule has 4 heteroatoms. The summed E-state index contributed by atoms with van der Waals surface area (Å²) in [4.78, 5) is 0. The van der Waals surface area contributed by atoms with Crippen LogP contribution in [0.3, 0.4) is 0 Å². The molecule has 0 aliphatic heterocycles. The molecular formula is H5AlCl2Cr. The number of hydrogen-bond donors (Lipinski definition) is 0. The zero-order valence-corrected chi connectivity index (χ0v) is 4.13. The van der Waals surface area contributed by atoms with Gasteiger partial charge < -0.3 is 0 Å². The van der Waals surface area contributed by atoms with Gasteiger partial charge >= 0.3 is 0 Å². The quantitative estimate of drug-likeness (QED) is 0.419. The predicted molar refractivity (Wildman–Crippen MR) is 24.4 cm³/mol. The van der Waals surface area contributed by atoms with E-state index in [-0.39, 0.29) is 59.5 Å². The number of halogens is 2. The summed E-state index contributed by atoms with van der Waals surface area (Å²) in [6.45, 7) is 0. The minimum Gasteiger partial charge on any atom is -0.147 e. The van der Waals surface area contributed by atoms with Gasteiger partial charge in [0, 0.05) is 17.4 Å². The second-order valence-corrected chi connectivity index (χ2v) is 0. The molecule has 0 fully saturated rings. The molecule has 0 aromatic carbocycles. The third-order valence-corrected chi connectivity index (χ3v) is 0. The molecule has 0 saturated heterocycles. The summed E-state index contributed by atoms with van der Waals surface area (Å²) in [5, 5.41) is 0. The van der Waals surface area contributed by atoms with E-state index in [0.717, 1.165) is 0 Å². The van der Waals surface area contributed by atoms with Crippen LogP contribution >= 0.6 is 24.8 Å². The van der Waals surface area contributed by atoms with E-state index in [1.54, 1.807) is 0 Å². The summed E-state index contributed by atoms with van der Waals surface area (Å²) in [6, 6.07) is 0. The van der Waals surface area contributed by atoms with Gasteiger partial charge in [-0.1, -0.05) is 0 Å². The van der Waals surface area contributed by atoms with E-state index in [0.29, 0.717) is 0 Å². The topological polar surface area (TPSA) is 0 Å². The van der Waals surface area contributed by atoms with E-state index in [9.17, 15) is 0 Å². The van der Waals surface area contributed by atoms with Crippen molar-refractivity contribution in [2.75, 3.05) is 0 Å². The average Bonchev–Trinajstić information content (AvgIpc) is 0. The average molecular weight is 155 g/mol. The van der Waals surface area contributed by atoms with Gasteiger partial charge in [-0.15, -0.1) is 24.8 Å². The van der Waals surface area contributed by atoms with Gasteiger partial charge in [0.25, 0.3) is 0 Å². The SMILES string of the molecule is Cl.Cl.[AlH3].[Cr]. The molecule has 0 aromatic heterocycles. The fourth-order valence-corrected chi connectivity index (χ4v) is 0. The first-order chi connectivity index (χ1) is 0. The van der Waals surface area contributed by atoms with Crippen molar-refractivity contribution >= 4 is 42.2 Å². The molecule has 0 atom stereocenters. The summed E-state index contributed by atoms with van der Waals surface area (Å²) < 4.78 is 0. The van der Waals surface area contributed by atoms with E-state index in [2.05, 4.69) is 0 Å². The third-order valence-electron chi connectivity index (χ3n) is 0. The fourth-order valence-electron chi connectivity index (χ4n) is 0. The Morgan fingerprint density at radius 2 is 0.750 bits per heavy atom. The van der Waals surface area contributed by atoms with Gasteiger partial charge in [-0.3, -0.25) is 0 Å². The van der Waals surface area contributed by atoms with Crippen molar-refractivity contribution in [1.82, 2.24) is 0 Å². The van der Waals surface area contributed by atoms with Gasteiger partial charge in [0.2, 0.25) is 0 Å². The maximum Gasteiger partial charge on any atom is 0.187 e. The Morgan fingerprint density at radius 1 is 0.750 bits per heavy atom. The minimum atomic E-state index is 0. The molecule has 0 aliphatic rings. The van der Waals surface area contributed by atoms with Crippen LogP contribution in [0.4, 0.5) is 0 Å². The van der Waals surface area contributed by atoms with Crippen LogP contribution in [-0.4, -0.2) is 17.4 Å². The Balaban J connectivity index is 0. The van der Waals surface area contributed by atoms with Crippen molar-refractivity contribution < 1.29 is 17.4 Å². The van der Waals surface area contributed by atoms with E-state index < -0.39 is 0 Å². The van der Waals surface area contributed by atoms with Gasteiger partial charge in [-0.25, -0.2) is 0 Å². The van der Waals surface area contributed by atoms with Crippen molar-refractivity contribution in [3.63, 3.8) is 0 Å². The summed E-state index contributed by atoms with van der Waals surface area (Å²) >= 11 is 0. The monoisotopic (exact) mass is 154 g/mol. The molecule has 0 spiro atoms. The Hall–Kier alpha value is 1.64. The van der Waals surface area contributed by atoms with Crippen molar-refractivity contribution in [2.45, 2.75) is 0 Å². The Kier molecular flexibility index (Phi) is 257. The molecule has 0 bridgehead atoms. The first-order valence-electron chi connectivity index (χ1n) is 0. The van der Waals surface area contributed by atoms with Crippen LogP contribution in [0.1, 0.15) is 0 Å². The van der Waals surface area contributed by atoms with Crippen molar-refractivity contribution in [3.05, 3.63) is 0 Å². The van der Waals surface area contributed by atoms with Gasteiger partial charge in [0.15, 0.2) is 17.4 Å². The molecule has 0 N–H and O–H groups in total. The maximum atomic E-state index is 0. The standard InChI is InChI=1S/Al.2ClH.Cr.3H/h;2*1H;;;;. The van der Waals surface area contributed by atoms with Crippen LogP contribution in [0.15, 0.2) is 0 Å². The molecule has 0 nitrogen and oxygen atoms in total. The van der Waals surface area contributed by atoms with Gasteiger partial charge in [-0.2, -0.15) is 0 Å². The molecule has 0 heterocycles. The summed E-state index contributed by atoms with van der Waals surface area (Å²) in [5.41, 5.74) is 0. The molecule has 0 amide bonds. The van der Waals surface area contributed by atoms with E-state index >= 15 is 0 Å². The van der Waals surface area contributed by atoms with E-state index in [4.69, 9.17) is 0 Å². The number of hydrogen-bond acceptors (Lipinski definition) is 0. The van der Waals surface area contributed by atoms with Crippen LogP contribution in [0.25, 0.3) is 0 Å². The van der Waals surface area contributed by atoms with Crippen molar-refractivity contribution in [2.24, 2.45) is 0 Å². The van der Waals surface area contributed by atoms with Gasteiger partial charge in [-0.05, 0) is 0 Å². The smallest absolute Gasteiger partial charge is 0.147 e. The Bertz CT molecular complexity index is 6.00. The van der Waals surface area contributed by atoms with Crippen LogP contribution in [0.2, 0.25) is 0 Å². The molecule has 0 aliphatic carbocycles. The molecular weight excluding hydrogens is 150 g/mol. The van der Waals surface area contributed by atoms with Crippen LogP contribution in [0.5, 0.6) is 0 Å². The van der Waals surface area contributed by atoms with Gasteiger partial charge in [0.05, 0.1) is 0 Å². The molecule has 0 saturated carbocycles. The second-order valence-electron chi connectivity index (χ2n) is 0. The zero-order chi connectivity index (χ0) is 0. The number of rotatable bonds is 0. The van der Waals surface area contributed by atoms with Crippen LogP contribution < -0.4 is 0 Å². The molecule has 28 valence electrons. The van der Waals surface area contributed by atoms with Crippen LogP contribution in [-0.2, 0) is 17.4 Å². The predicted octanol–water partition coefficient (Wildman–Crippen LogP) is -0.343. The fraction of sp³-hybridized carbons (Fsp3) is 0. The molecule has 0 radical (unpaired) electrons. The molecule has 4 heavy (non-hydrogen) atoms. The van der Waals surface area contributed by atoms with Crippen LogP contribution in [0, 0.1) is 0 Å². The minimum absolute atomic E-state index is 0. The third kappa shape index (κ3) is 9.42. The Labute approximate surface area is 59.4 Å². The summed E-state index contributed by atoms with van der Waals surface area (Å²) in [6.07, 6.45) is 0. The summed E-state index contributed by atoms with van der Waals surface area (Å²) in [7, 11) is 0. The first-order valence-corrected chi connectivity index (χ1v) is 0. The van der Waals surface area contributed by atoms with E-state index in [1.807, 2.05) is 0 Å². The van der Waals surface area contributed by atoms with Crippen molar-refractivity contribution in [1.29, 1.82) is 0 Å². The zero-order valence-electron chi connectivity index (χ0n) is 1.22. The summed E-state index contributed by atoms with van der Waals surface area (Å²) in [5.74, 6) is 0. The molecule has 0 unspecified atom stereocenters. The normalized spacial score (nSPS) is 0. The maximum absolute atomic E-state index is 0. The van der Waals surface area contributed by atoms with Crippen molar-refractivity contribution in [3.8, 4) is 0 Å². The largest absolute Gasteiger partial charge is 0.187 e. The molecule has 0 rings (SSSR count). The molecule has 0 aromatic rings.